The van der Waals surface area contributed by atoms with Gasteiger partial charge in [-0.25, -0.2) is 4.79 Å². The van der Waals surface area contributed by atoms with Crippen LogP contribution in [0, 0.1) is 0 Å². The number of hydrogen-bond acceptors (Lipinski definition) is 6. The van der Waals surface area contributed by atoms with E-state index in [0.717, 1.165) is 42.5 Å². The van der Waals surface area contributed by atoms with Crippen molar-refractivity contribution in [2.24, 2.45) is 0 Å². The monoisotopic (exact) mass is 417 g/mol. The summed E-state index contributed by atoms with van der Waals surface area (Å²) in [5.74, 6) is 0.872. The zero-order valence-corrected chi connectivity index (χ0v) is 18.7. The summed E-state index contributed by atoms with van der Waals surface area (Å²) in [4.78, 5) is 13.4. The first-order valence-electron chi connectivity index (χ1n) is 9.21. The molecule has 0 heterocycles. The lowest BCUT2D eigenvalue weighted by molar-refractivity contribution is 0.0301. The molecule has 1 unspecified atom stereocenters. The molecule has 0 aliphatic heterocycles. The summed E-state index contributed by atoms with van der Waals surface area (Å²) in [6.07, 6.45) is 13.3. The van der Waals surface area contributed by atoms with Crippen LogP contribution in [0.2, 0.25) is 0 Å². The Kier molecular flexibility index (Phi) is 15.6. The maximum Gasteiger partial charge on any atom is 0.410 e. The molecule has 0 aromatic rings. The van der Waals surface area contributed by atoms with Gasteiger partial charge in [0.2, 0.25) is 0 Å². The van der Waals surface area contributed by atoms with Crippen LogP contribution in [0.4, 0.5) is 4.79 Å². The van der Waals surface area contributed by atoms with Gasteiger partial charge in [-0.2, -0.15) is 0 Å². The van der Waals surface area contributed by atoms with Gasteiger partial charge >= 0.3 is 6.09 Å². The van der Waals surface area contributed by atoms with Crippen molar-refractivity contribution in [2.75, 3.05) is 26.0 Å². The quantitative estimate of drug-likeness (QED) is 0.163. The molecule has 7 heteroatoms. The maximum absolute atomic E-state index is 11.9. The third-order valence-electron chi connectivity index (χ3n) is 3.34. The Bertz CT molecular complexity index is 461. The number of nitrogens with zero attached hydrogens (tertiary/aromatic N) is 1. The second-order valence-electron chi connectivity index (χ2n) is 7.01. The molecule has 0 aliphatic rings. The Balaban J connectivity index is 4.11. The zero-order valence-electron chi connectivity index (χ0n) is 17.1. The number of hydrogen-bond donors (Lipinski definition) is 1. The smallest absolute Gasteiger partial charge is 0.410 e. The highest BCUT2D eigenvalue weighted by molar-refractivity contribution is 8.74. The standard InChI is InChI=1S/C20H35NO4S2/c1-6-7-13-18(14-9-12-17-26-27-23)24-16-11-8-10-15-21(5)19(22)25-20(2,3)4/h6,8-9,11,14,18,23H,1,7,10,12-13,15-17H2,2-5H3/b11-8+,14-9-. The summed E-state index contributed by atoms with van der Waals surface area (Å²) in [5.41, 5.74) is -0.474. The Morgan fingerprint density at radius 2 is 1.96 bits per heavy atom. The van der Waals surface area contributed by atoms with Gasteiger partial charge in [-0.15, -0.1) is 6.58 Å². The highest BCUT2D eigenvalue weighted by atomic mass is 33.1. The predicted octanol–water partition coefficient (Wildman–Crippen LogP) is 5.95. The molecule has 0 aromatic heterocycles. The largest absolute Gasteiger partial charge is 0.444 e. The molecule has 0 radical (unpaired) electrons. The summed E-state index contributed by atoms with van der Waals surface area (Å²) < 4.78 is 19.9. The van der Waals surface area contributed by atoms with Crippen molar-refractivity contribution in [1.29, 1.82) is 0 Å². The SMILES string of the molecule is C=CCCC(/C=C\CCSSO)OC/C=C/CCN(C)C(=O)OC(C)(C)C. The van der Waals surface area contributed by atoms with E-state index in [4.69, 9.17) is 14.0 Å². The van der Waals surface area contributed by atoms with Crippen LogP contribution >= 0.6 is 21.9 Å². The van der Waals surface area contributed by atoms with Gasteiger partial charge in [-0.3, -0.25) is 0 Å². The van der Waals surface area contributed by atoms with Crippen LogP contribution in [0.5, 0.6) is 0 Å². The third kappa shape index (κ3) is 17.0. The molecular weight excluding hydrogens is 382 g/mol. The Hall–Kier alpha value is -0.890. The molecule has 1 atom stereocenters. The van der Waals surface area contributed by atoms with Gasteiger partial charge in [0, 0.05) is 19.3 Å². The fourth-order valence-electron chi connectivity index (χ4n) is 1.98. The van der Waals surface area contributed by atoms with Crippen molar-refractivity contribution in [1.82, 2.24) is 4.90 Å². The van der Waals surface area contributed by atoms with E-state index in [1.807, 2.05) is 39.0 Å². The van der Waals surface area contributed by atoms with Gasteiger partial charge < -0.3 is 18.9 Å². The van der Waals surface area contributed by atoms with Gasteiger partial charge in [0.15, 0.2) is 0 Å². The number of amides is 1. The fourth-order valence-corrected chi connectivity index (χ4v) is 2.80. The molecule has 0 spiro atoms. The van der Waals surface area contributed by atoms with Crippen molar-refractivity contribution in [3.63, 3.8) is 0 Å². The normalized spacial score (nSPS) is 13.2. The summed E-state index contributed by atoms with van der Waals surface area (Å²) in [6.45, 7) is 10.5. The van der Waals surface area contributed by atoms with Crippen LogP contribution in [0.1, 0.15) is 46.5 Å². The maximum atomic E-state index is 11.9. The first-order chi connectivity index (χ1) is 12.8. The average Bonchev–Trinajstić information content (AvgIpc) is 2.59. The number of ether oxygens (including phenoxy) is 2. The van der Waals surface area contributed by atoms with E-state index in [1.54, 1.807) is 11.9 Å². The van der Waals surface area contributed by atoms with Crippen molar-refractivity contribution in [2.45, 2.75) is 58.2 Å². The zero-order chi connectivity index (χ0) is 20.5. The molecule has 156 valence electrons. The van der Waals surface area contributed by atoms with Gasteiger partial charge in [0.05, 0.1) is 23.8 Å². The van der Waals surface area contributed by atoms with Crippen LogP contribution in [0.25, 0.3) is 0 Å². The summed E-state index contributed by atoms with van der Waals surface area (Å²) in [5, 5.41) is 0. The average molecular weight is 418 g/mol. The van der Waals surface area contributed by atoms with Crippen LogP contribution in [-0.4, -0.2) is 53.2 Å². The van der Waals surface area contributed by atoms with E-state index in [9.17, 15) is 4.79 Å². The fraction of sp³-hybridized carbons (Fsp3) is 0.650. The minimum absolute atomic E-state index is 0.0591. The van der Waals surface area contributed by atoms with Crippen molar-refractivity contribution >= 4 is 28.0 Å². The molecule has 0 bridgehead atoms. The van der Waals surface area contributed by atoms with Crippen molar-refractivity contribution < 1.29 is 18.8 Å². The lowest BCUT2D eigenvalue weighted by atomic mass is 10.1. The van der Waals surface area contributed by atoms with Crippen LogP contribution in [-0.2, 0) is 9.47 Å². The Labute approximate surface area is 172 Å². The molecule has 0 rings (SSSR count). The topological polar surface area (TPSA) is 59.0 Å². The molecule has 5 nitrogen and oxygen atoms in total. The summed E-state index contributed by atoms with van der Waals surface area (Å²) >= 11 is 0.799. The molecule has 0 aromatic carbocycles. The number of allylic oxidation sites excluding steroid dienone is 2. The first kappa shape index (κ1) is 26.1. The number of carbonyl (C=O) groups is 1. The molecule has 0 saturated carbocycles. The predicted molar refractivity (Wildman–Crippen MR) is 118 cm³/mol. The molecule has 1 N–H and O–H groups in total. The molecular formula is C20H35NO4S2. The minimum Gasteiger partial charge on any atom is -0.444 e. The summed E-state index contributed by atoms with van der Waals surface area (Å²) in [6, 6.07) is 0. The number of carbonyl (C=O) groups excluding carboxylic acids is 1. The van der Waals surface area contributed by atoms with Crippen LogP contribution < -0.4 is 0 Å². The van der Waals surface area contributed by atoms with Crippen molar-refractivity contribution in [3.8, 4) is 0 Å². The highest BCUT2D eigenvalue weighted by Gasteiger charge is 2.18. The van der Waals surface area contributed by atoms with Gasteiger partial charge in [-0.05, 0) is 46.5 Å². The minimum atomic E-state index is -0.474. The lowest BCUT2D eigenvalue weighted by Crippen LogP contribution is -2.34. The first-order valence-corrected chi connectivity index (χ1v) is 11.5. The van der Waals surface area contributed by atoms with E-state index in [-0.39, 0.29) is 12.2 Å². The second-order valence-corrected chi connectivity index (χ2v) is 8.96. The van der Waals surface area contributed by atoms with Crippen LogP contribution in [0.3, 0.4) is 0 Å². The molecule has 27 heavy (non-hydrogen) atoms. The van der Waals surface area contributed by atoms with E-state index in [1.165, 1.54) is 10.8 Å². The number of rotatable bonds is 14. The van der Waals surface area contributed by atoms with Gasteiger partial charge in [0.1, 0.15) is 5.60 Å². The second kappa shape index (κ2) is 16.1. The highest BCUT2D eigenvalue weighted by Crippen LogP contribution is 2.17. The molecule has 0 aliphatic carbocycles. The van der Waals surface area contributed by atoms with E-state index >= 15 is 0 Å². The third-order valence-corrected chi connectivity index (χ3v) is 4.66. The molecule has 0 saturated heterocycles. The van der Waals surface area contributed by atoms with Crippen molar-refractivity contribution in [3.05, 3.63) is 37.0 Å². The molecule has 0 fully saturated rings. The van der Waals surface area contributed by atoms with E-state index in [2.05, 4.69) is 18.7 Å². The van der Waals surface area contributed by atoms with E-state index < -0.39 is 5.60 Å². The molecule has 1 amide bonds. The van der Waals surface area contributed by atoms with E-state index in [0.29, 0.717) is 13.2 Å². The van der Waals surface area contributed by atoms with Crippen LogP contribution in [0.15, 0.2) is 37.0 Å². The Morgan fingerprint density at radius 1 is 1.22 bits per heavy atom. The Morgan fingerprint density at radius 3 is 2.59 bits per heavy atom. The van der Waals surface area contributed by atoms with Gasteiger partial charge in [-0.1, -0.05) is 41.2 Å². The lowest BCUT2D eigenvalue weighted by Gasteiger charge is -2.24. The summed E-state index contributed by atoms with van der Waals surface area (Å²) in [7, 11) is 3.17. The van der Waals surface area contributed by atoms with Gasteiger partial charge in [0.25, 0.3) is 0 Å².